The fourth-order valence-electron chi connectivity index (χ4n) is 2.68. The highest BCUT2D eigenvalue weighted by molar-refractivity contribution is 6.00. The highest BCUT2D eigenvalue weighted by atomic mass is 16.5. The number of urea groups is 1. The number of hydrogen-bond acceptors (Lipinski definition) is 4. The van der Waals surface area contributed by atoms with Crippen LogP contribution >= 0.6 is 0 Å². The van der Waals surface area contributed by atoms with E-state index in [1.807, 2.05) is 18.2 Å². The molecule has 3 amide bonds. The number of ether oxygens (including phenoxy) is 2. The second-order valence-corrected chi connectivity index (χ2v) is 5.25. The first-order chi connectivity index (χ1) is 10.7. The van der Waals surface area contributed by atoms with E-state index in [4.69, 9.17) is 9.47 Å². The normalized spacial score (nSPS) is 21.7. The van der Waals surface area contributed by atoms with Crippen molar-refractivity contribution in [2.45, 2.75) is 6.04 Å². The first-order valence-corrected chi connectivity index (χ1v) is 7.27. The molecule has 22 heavy (non-hydrogen) atoms. The van der Waals surface area contributed by atoms with E-state index in [0.29, 0.717) is 44.3 Å². The lowest BCUT2D eigenvalue weighted by atomic mass is 10.2. The average Bonchev–Trinajstić information content (AvgIpc) is 2.97. The molecule has 118 valence electrons. The zero-order valence-corrected chi connectivity index (χ0v) is 12.4. The predicted octanol–water partition coefficient (Wildman–Crippen LogP) is 0.452. The molecule has 2 aliphatic heterocycles. The van der Waals surface area contributed by atoms with Crippen molar-refractivity contribution in [2.75, 3.05) is 44.9 Å². The molecule has 0 spiro atoms. The molecular weight excluding hydrogens is 286 g/mol. The second-order valence-electron chi connectivity index (χ2n) is 5.25. The zero-order chi connectivity index (χ0) is 15.5. The summed E-state index contributed by atoms with van der Waals surface area (Å²) in [5, 5.41) is 2.75. The van der Waals surface area contributed by atoms with Crippen molar-refractivity contribution in [1.82, 2.24) is 10.2 Å². The van der Waals surface area contributed by atoms with Gasteiger partial charge in [-0.05, 0) is 12.1 Å². The molecule has 0 saturated carbocycles. The number of nitrogens with zero attached hydrogens (tertiary/aromatic N) is 2. The van der Waals surface area contributed by atoms with E-state index >= 15 is 0 Å². The van der Waals surface area contributed by atoms with Gasteiger partial charge in [-0.25, -0.2) is 4.79 Å². The van der Waals surface area contributed by atoms with Crippen LogP contribution in [0, 0.1) is 0 Å². The molecule has 1 aromatic carbocycles. The van der Waals surface area contributed by atoms with Crippen LogP contribution in [0.1, 0.15) is 0 Å². The number of nitrogens with one attached hydrogen (secondary N) is 1. The predicted molar refractivity (Wildman–Crippen MR) is 80.1 cm³/mol. The van der Waals surface area contributed by atoms with Crippen molar-refractivity contribution in [3.05, 3.63) is 24.3 Å². The fraction of sp³-hybridized carbons (Fsp3) is 0.467. The average molecular weight is 305 g/mol. The van der Waals surface area contributed by atoms with Crippen LogP contribution in [-0.4, -0.2) is 62.8 Å². The molecular formula is C15H19N3O4. The van der Waals surface area contributed by atoms with Crippen LogP contribution in [0.5, 0.6) is 5.75 Å². The Balaban J connectivity index is 1.71. The van der Waals surface area contributed by atoms with Gasteiger partial charge in [0.15, 0.2) is 0 Å². The van der Waals surface area contributed by atoms with Crippen molar-refractivity contribution in [1.29, 1.82) is 0 Å². The summed E-state index contributed by atoms with van der Waals surface area (Å²) in [7, 11) is 1.58. The molecule has 2 saturated heterocycles. The van der Waals surface area contributed by atoms with Crippen molar-refractivity contribution in [3.63, 3.8) is 0 Å². The van der Waals surface area contributed by atoms with Gasteiger partial charge >= 0.3 is 6.03 Å². The van der Waals surface area contributed by atoms with Crippen LogP contribution in [-0.2, 0) is 9.53 Å². The molecule has 1 N–H and O–H groups in total. The second kappa shape index (κ2) is 6.23. The molecule has 2 fully saturated rings. The zero-order valence-electron chi connectivity index (χ0n) is 12.4. The summed E-state index contributed by atoms with van der Waals surface area (Å²) >= 11 is 0. The monoisotopic (exact) mass is 305 g/mol. The van der Waals surface area contributed by atoms with Gasteiger partial charge in [-0.15, -0.1) is 0 Å². The van der Waals surface area contributed by atoms with Gasteiger partial charge in [0.1, 0.15) is 11.8 Å². The van der Waals surface area contributed by atoms with Gasteiger partial charge in [-0.1, -0.05) is 6.07 Å². The molecule has 2 aliphatic rings. The maximum atomic E-state index is 12.5. The number of carbonyl (C=O) groups excluding carboxylic acids is 2. The highest BCUT2D eigenvalue weighted by Gasteiger charge is 2.37. The standard InChI is InChI=1S/C15H19N3O4/c1-21-12-4-2-3-11(9-12)18-10-13(16-15(18)20)14(19)17-5-7-22-8-6-17/h2-4,9,13H,5-8,10H2,1H3,(H,16,20). The Morgan fingerprint density at radius 2 is 2.14 bits per heavy atom. The summed E-state index contributed by atoms with van der Waals surface area (Å²) in [6, 6.07) is 6.45. The van der Waals surface area contributed by atoms with E-state index in [0.717, 1.165) is 0 Å². The lowest BCUT2D eigenvalue weighted by molar-refractivity contribution is -0.136. The molecule has 0 aliphatic carbocycles. The molecule has 0 bridgehead atoms. The smallest absolute Gasteiger partial charge is 0.322 e. The summed E-state index contributed by atoms with van der Waals surface area (Å²) in [6.45, 7) is 2.56. The lowest BCUT2D eigenvalue weighted by Gasteiger charge is -2.28. The van der Waals surface area contributed by atoms with Crippen LogP contribution in [0.4, 0.5) is 10.5 Å². The minimum Gasteiger partial charge on any atom is -0.497 e. The number of methoxy groups -OCH3 is 1. The SMILES string of the molecule is COc1cccc(N2CC(C(=O)N3CCOCC3)NC2=O)c1. The van der Waals surface area contributed by atoms with E-state index in [-0.39, 0.29) is 11.9 Å². The number of amides is 3. The molecule has 1 aromatic rings. The minimum atomic E-state index is -0.517. The number of hydrogen-bond donors (Lipinski definition) is 1. The van der Waals surface area contributed by atoms with Crippen LogP contribution in [0.3, 0.4) is 0 Å². The Kier molecular flexibility index (Phi) is 4.15. The van der Waals surface area contributed by atoms with Crippen LogP contribution in [0.15, 0.2) is 24.3 Å². The van der Waals surface area contributed by atoms with Crippen LogP contribution in [0.25, 0.3) is 0 Å². The molecule has 7 nitrogen and oxygen atoms in total. The Hall–Kier alpha value is -2.28. The molecule has 0 aromatic heterocycles. The number of benzene rings is 1. The topological polar surface area (TPSA) is 71.1 Å². The maximum Gasteiger partial charge on any atom is 0.322 e. The fourth-order valence-corrected chi connectivity index (χ4v) is 2.68. The van der Waals surface area contributed by atoms with Gasteiger partial charge in [0.2, 0.25) is 5.91 Å². The van der Waals surface area contributed by atoms with Crippen LogP contribution in [0.2, 0.25) is 0 Å². The third kappa shape index (κ3) is 2.85. The molecule has 1 unspecified atom stereocenters. The van der Waals surface area contributed by atoms with Gasteiger partial charge in [0, 0.05) is 24.8 Å². The highest BCUT2D eigenvalue weighted by Crippen LogP contribution is 2.23. The summed E-state index contributed by atoms with van der Waals surface area (Å²) < 4.78 is 10.4. The Bertz CT molecular complexity index is 572. The summed E-state index contributed by atoms with van der Waals surface area (Å²) in [5.41, 5.74) is 0.717. The first-order valence-electron chi connectivity index (χ1n) is 7.27. The molecule has 3 rings (SSSR count). The van der Waals surface area contributed by atoms with Crippen molar-refractivity contribution in [2.24, 2.45) is 0 Å². The van der Waals surface area contributed by atoms with Crippen LogP contribution < -0.4 is 15.0 Å². The van der Waals surface area contributed by atoms with Crippen molar-refractivity contribution >= 4 is 17.6 Å². The van der Waals surface area contributed by atoms with E-state index in [1.165, 1.54) is 0 Å². The van der Waals surface area contributed by atoms with E-state index < -0.39 is 6.04 Å². The van der Waals surface area contributed by atoms with Gasteiger partial charge in [-0.2, -0.15) is 0 Å². The largest absolute Gasteiger partial charge is 0.497 e. The third-order valence-corrected chi connectivity index (χ3v) is 3.89. The van der Waals surface area contributed by atoms with E-state index in [2.05, 4.69) is 5.32 Å². The summed E-state index contributed by atoms with van der Waals surface area (Å²) in [6.07, 6.45) is 0. The van der Waals surface area contributed by atoms with Gasteiger partial charge < -0.3 is 19.7 Å². The number of carbonyl (C=O) groups is 2. The number of morpholine rings is 1. The quantitative estimate of drug-likeness (QED) is 0.880. The van der Waals surface area contributed by atoms with E-state index in [1.54, 1.807) is 23.0 Å². The molecule has 7 heteroatoms. The van der Waals surface area contributed by atoms with Gasteiger partial charge in [-0.3, -0.25) is 9.69 Å². The van der Waals surface area contributed by atoms with Crippen molar-refractivity contribution in [3.8, 4) is 5.75 Å². The Labute approximate surface area is 128 Å². The summed E-state index contributed by atoms with van der Waals surface area (Å²) in [5.74, 6) is 0.621. The Morgan fingerprint density at radius 1 is 1.36 bits per heavy atom. The molecule has 2 heterocycles. The Morgan fingerprint density at radius 3 is 2.86 bits per heavy atom. The maximum absolute atomic E-state index is 12.5. The third-order valence-electron chi connectivity index (χ3n) is 3.89. The number of anilines is 1. The van der Waals surface area contributed by atoms with Crippen molar-refractivity contribution < 1.29 is 19.1 Å². The molecule has 1 atom stereocenters. The molecule has 0 radical (unpaired) electrons. The van der Waals surface area contributed by atoms with E-state index in [9.17, 15) is 9.59 Å². The van der Waals surface area contributed by atoms with Gasteiger partial charge in [0.25, 0.3) is 0 Å². The first kappa shape index (κ1) is 14.6. The number of rotatable bonds is 3. The summed E-state index contributed by atoms with van der Waals surface area (Å²) in [4.78, 5) is 27.9. The van der Waals surface area contributed by atoms with Gasteiger partial charge in [0.05, 0.1) is 26.9 Å². The lowest BCUT2D eigenvalue weighted by Crippen LogP contribution is -2.49. The minimum absolute atomic E-state index is 0.0537.